The molecule has 0 bridgehead atoms. The predicted molar refractivity (Wildman–Crippen MR) is 104 cm³/mol. The molecule has 29 heavy (non-hydrogen) atoms. The predicted octanol–water partition coefficient (Wildman–Crippen LogP) is 2.39. The van der Waals surface area contributed by atoms with E-state index in [-0.39, 0.29) is 18.9 Å². The Morgan fingerprint density at radius 1 is 1.34 bits per heavy atom. The minimum atomic E-state index is -3.92. The van der Waals surface area contributed by atoms with E-state index in [4.69, 9.17) is 4.74 Å². The third-order valence-electron chi connectivity index (χ3n) is 5.44. The SMILES string of the molecule is C[C@@](C[C@H]1CN(c2ccc(C#CC3CC(F)C3)cc2)C(=O)O1)(C(=O)O)S(C)(=O)=O. The Kier molecular flexibility index (Phi) is 5.59. The topological polar surface area (TPSA) is 101 Å². The highest BCUT2D eigenvalue weighted by atomic mass is 32.2. The van der Waals surface area contributed by atoms with E-state index in [1.165, 1.54) is 4.90 Å². The van der Waals surface area contributed by atoms with Crippen LogP contribution in [0, 0.1) is 17.8 Å². The Bertz CT molecular complexity index is 974. The number of halogens is 1. The van der Waals surface area contributed by atoms with Gasteiger partial charge in [0.15, 0.2) is 14.6 Å². The minimum Gasteiger partial charge on any atom is -0.480 e. The van der Waals surface area contributed by atoms with Crippen molar-refractivity contribution in [2.75, 3.05) is 17.7 Å². The zero-order valence-electron chi connectivity index (χ0n) is 16.1. The molecule has 2 aliphatic rings. The Morgan fingerprint density at radius 2 is 1.97 bits per heavy atom. The van der Waals surface area contributed by atoms with Crippen LogP contribution in [0.2, 0.25) is 0 Å². The van der Waals surface area contributed by atoms with Crippen molar-refractivity contribution in [2.45, 2.75) is 43.2 Å². The maximum atomic E-state index is 12.8. The molecule has 2 fully saturated rings. The maximum absolute atomic E-state index is 12.8. The number of nitrogens with zero attached hydrogens (tertiary/aromatic N) is 1. The summed E-state index contributed by atoms with van der Waals surface area (Å²) in [4.78, 5) is 25.0. The second-order valence-electron chi connectivity index (χ2n) is 7.71. The smallest absolute Gasteiger partial charge is 0.414 e. The highest BCUT2D eigenvalue weighted by molar-refractivity contribution is 7.92. The van der Waals surface area contributed by atoms with E-state index in [1.807, 2.05) is 0 Å². The summed E-state index contributed by atoms with van der Waals surface area (Å²) in [6.45, 7) is 1.16. The molecule has 9 heteroatoms. The fourth-order valence-electron chi connectivity index (χ4n) is 3.25. The van der Waals surface area contributed by atoms with Crippen LogP contribution in [-0.2, 0) is 19.4 Å². The number of carbonyl (C=O) groups excluding carboxylic acids is 1. The van der Waals surface area contributed by atoms with Crippen molar-refractivity contribution < 1.29 is 32.2 Å². The van der Waals surface area contributed by atoms with Crippen LogP contribution < -0.4 is 4.90 Å². The van der Waals surface area contributed by atoms with E-state index < -0.39 is 38.9 Å². The van der Waals surface area contributed by atoms with Crippen molar-refractivity contribution in [2.24, 2.45) is 5.92 Å². The first-order chi connectivity index (χ1) is 13.5. The fourth-order valence-corrected chi connectivity index (χ4v) is 4.05. The third-order valence-corrected chi connectivity index (χ3v) is 7.42. The number of alkyl halides is 1. The summed E-state index contributed by atoms with van der Waals surface area (Å²) in [6, 6.07) is 6.82. The Morgan fingerprint density at radius 3 is 2.48 bits per heavy atom. The van der Waals surface area contributed by atoms with Crippen LogP contribution in [0.15, 0.2) is 24.3 Å². The molecule has 156 valence electrons. The van der Waals surface area contributed by atoms with Crippen LogP contribution in [-0.4, -0.2) is 55.4 Å². The number of hydrogen-bond acceptors (Lipinski definition) is 5. The van der Waals surface area contributed by atoms with Crippen LogP contribution in [0.25, 0.3) is 0 Å². The molecule has 1 aliphatic carbocycles. The molecule has 1 saturated heterocycles. The molecular weight excluding hydrogens is 401 g/mol. The van der Waals surface area contributed by atoms with Crippen molar-refractivity contribution in [1.29, 1.82) is 0 Å². The number of cyclic esters (lactones) is 1. The highest BCUT2D eigenvalue weighted by Gasteiger charge is 2.48. The van der Waals surface area contributed by atoms with Crippen LogP contribution >= 0.6 is 0 Å². The molecule has 0 unspecified atom stereocenters. The summed E-state index contributed by atoms with van der Waals surface area (Å²) in [5, 5.41) is 9.37. The highest BCUT2D eigenvalue weighted by Crippen LogP contribution is 2.31. The fraction of sp³-hybridized carbons (Fsp3) is 0.500. The standard InChI is InChI=1S/C20H22FNO6S/c1-20(18(23)24,29(2,26)27)11-17-12-22(19(25)28-17)16-7-5-13(6-8-16)3-4-14-9-15(21)10-14/h5-8,14-15,17H,9-12H2,1-2H3,(H,23,24)/t14?,15?,17-,20+/m0/s1. The number of rotatable bonds is 5. The first kappa shape index (κ1) is 21.1. The number of anilines is 1. The maximum Gasteiger partial charge on any atom is 0.414 e. The monoisotopic (exact) mass is 423 g/mol. The van der Waals surface area contributed by atoms with E-state index in [9.17, 15) is 27.5 Å². The van der Waals surface area contributed by atoms with Crippen molar-refractivity contribution in [3.8, 4) is 11.8 Å². The van der Waals surface area contributed by atoms with Gasteiger partial charge in [0.1, 0.15) is 12.3 Å². The lowest BCUT2D eigenvalue weighted by Gasteiger charge is -2.24. The molecule has 2 atom stereocenters. The summed E-state index contributed by atoms with van der Waals surface area (Å²) in [5.74, 6) is 4.59. The summed E-state index contributed by atoms with van der Waals surface area (Å²) < 4.78 is 39.9. The minimum absolute atomic E-state index is 0.0439. The van der Waals surface area contributed by atoms with Crippen LogP contribution in [0.4, 0.5) is 14.9 Å². The first-order valence-corrected chi connectivity index (χ1v) is 11.1. The van der Waals surface area contributed by atoms with Gasteiger partial charge < -0.3 is 9.84 Å². The van der Waals surface area contributed by atoms with E-state index >= 15 is 0 Å². The summed E-state index contributed by atoms with van der Waals surface area (Å²) >= 11 is 0. The number of carboxylic acids is 1. The van der Waals surface area contributed by atoms with Gasteiger partial charge in [-0.2, -0.15) is 0 Å². The lowest BCUT2D eigenvalue weighted by atomic mass is 9.84. The third kappa shape index (κ3) is 4.37. The number of sulfone groups is 1. The summed E-state index contributed by atoms with van der Waals surface area (Å²) in [6.07, 6.45) is -0.847. The molecule has 1 aromatic rings. The van der Waals surface area contributed by atoms with Gasteiger partial charge in [-0.25, -0.2) is 17.6 Å². The van der Waals surface area contributed by atoms with Gasteiger partial charge in [-0.3, -0.25) is 9.69 Å². The van der Waals surface area contributed by atoms with Crippen LogP contribution in [0.5, 0.6) is 0 Å². The number of carboxylic acid groups (broad SMARTS) is 1. The molecular formula is C20H22FNO6S. The van der Waals surface area contributed by atoms with Crippen LogP contribution in [0.1, 0.15) is 31.7 Å². The lowest BCUT2D eigenvalue weighted by Crippen LogP contribution is -2.46. The van der Waals surface area contributed by atoms with E-state index in [1.54, 1.807) is 24.3 Å². The van der Waals surface area contributed by atoms with Gasteiger partial charge in [0, 0.05) is 29.8 Å². The molecule has 1 amide bonds. The first-order valence-electron chi connectivity index (χ1n) is 9.16. The molecule has 1 aliphatic heterocycles. The number of hydrogen-bond donors (Lipinski definition) is 1. The zero-order chi connectivity index (χ0) is 21.4. The van der Waals surface area contributed by atoms with Gasteiger partial charge >= 0.3 is 12.1 Å². The van der Waals surface area contributed by atoms with Crippen molar-refractivity contribution in [3.05, 3.63) is 29.8 Å². The number of amides is 1. The summed E-state index contributed by atoms with van der Waals surface area (Å²) in [7, 11) is -3.92. The number of ether oxygens (including phenoxy) is 1. The molecule has 0 aromatic heterocycles. The number of aliphatic carboxylic acids is 1. The molecule has 1 heterocycles. The van der Waals surface area contributed by atoms with Crippen LogP contribution in [0.3, 0.4) is 0 Å². The van der Waals surface area contributed by atoms with Crippen molar-refractivity contribution in [3.63, 3.8) is 0 Å². The second kappa shape index (κ2) is 7.67. The average Bonchev–Trinajstić information content (AvgIpc) is 2.97. The lowest BCUT2D eigenvalue weighted by molar-refractivity contribution is -0.140. The Balaban J connectivity index is 1.68. The second-order valence-corrected chi connectivity index (χ2v) is 10.2. The van der Waals surface area contributed by atoms with Crippen molar-refractivity contribution >= 4 is 27.6 Å². The van der Waals surface area contributed by atoms with E-state index in [2.05, 4.69) is 11.8 Å². The molecule has 3 rings (SSSR count). The molecule has 7 nitrogen and oxygen atoms in total. The molecule has 0 spiro atoms. The van der Waals surface area contributed by atoms with Gasteiger partial charge in [-0.05, 0) is 44.0 Å². The zero-order valence-corrected chi connectivity index (χ0v) is 16.9. The van der Waals surface area contributed by atoms with Crippen molar-refractivity contribution in [1.82, 2.24) is 0 Å². The van der Waals surface area contributed by atoms with Gasteiger partial charge in [0.05, 0.1) is 6.54 Å². The quantitative estimate of drug-likeness (QED) is 0.730. The molecule has 0 radical (unpaired) electrons. The summed E-state index contributed by atoms with van der Waals surface area (Å²) in [5.41, 5.74) is 1.27. The van der Waals surface area contributed by atoms with Gasteiger partial charge in [-0.1, -0.05) is 11.8 Å². The molecule has 1 saturated carbocycles. The largest absolute Gasteiger partial charge is 0.480 e. The van der Waals surface area contributed by atoms with E-state index in [0.717, 1.165) is 18.7 Å². The molecule has 1 aromatic carbocycles. The Hall–Kier alpha value is -2.60. The average molecular weight is 423 g/mol. The molecule has 1 N–H and O–H groups in total. The van der Waals surface area contributed by atoms with Gasteiger partial charge in [0.2, 0.25) is 0 Å². The Labute approximate surface area is 168 Å². The van der Waals surface area contributed by atoms with E-state index in [0.29, 0.717) is 18.5 Å². The number of benzene rings is 1. The van der Waals surface area contributed by atoms with Gasteiger partial charge in [0.25, 0.3) is 0 Å². The number of carbonyl (C=O) groups is 2. The normalized spacial score (nSPS) is 26.0. The van der Waals surface area contributed by atoms with Gasteiger partial charge in [-0.15, -0.1) is 0 Å².